The Morgan fingerprint density at radius 1 is 1.33 bits per heavy atom. The van der Waals surface area contributed by atoms with Crippen LogP contribution in [0, 0.1) is 0 Å². The van der Waals surface area contributed by atoms with Crippen LogP contribution in [0.1, 0.15) is 42.0 Å². The molecule has 1 unspecified atom stereocenters. The molecule has 0 radical (unpaired) electrons. The summed E-state index contributed by atoms with van der Waals surface area (Å²) in [5.41, 5.74) is 9.21. The number of likely N-dealkylation sites (tertiary alicyclic amines) is 1. The second-order valence-electron chi connectivity index (χ2n) is 5.47. The van der Waals surface area contributed by atoms with E-state index in [4.69, 9.17) is 5.73 Å². The van der Waals surface area contributed by atoms with Crippen LogP contribution in [0.2, 0.25) is 0 Å². The second kappa shape index (κ2) is 4.73. The molecule has 1 aliphatic heterocycles. The molecule has 1 heterocycles. The van der Waals surface area contributed by atoms with Gasteiger partial charge in [-0.25, -0.2) is 0 Å². The first-order valence-corrected chi connectivity index (χ1v) is 6.88. The van der Waals surface area contributed by atoms with Gasteiger partial charge in [-0.3, -0.25) is 9.69 Å². The summed E-state index contributed by atoms with van der Waals surface area (Å²) >= 11 is 0. The Hall–Kier alpha value is -1.35. The van der Waals surface area contributed by atoms with E-state index in [1.807, 2.05) is 0 Å². The van der Waals surface area contributed by atoms with Crippen molar-refractivity contribution in [2.24, 2.45) is 5.73 Å². The minimum Gasteiger partial charge on any atom is -0.369 e. The molecule has 96 valence electrons. The van der Waals surface area contributed by atoms with Gasteiger partial charge in [0.1, 0.15) is 0 Å². The zero-order valence-electron chi connectivity index (χ0n) is 10.7. The van der Waals surface area contributed by atoms with Crippen LogP contribution in [0.15, 0.2) is 18.2 Å². The number of aryl methyl sites for hydroxylation is 1. The molecule has 2 aliphatic rings. The normalized spacial score (nSPS) is 23.2. The Morgan fingerprint density at radius 2 is 2.11 bits per heavy atom. The highest BCUT2D eigenvalue weighted by molar-refractivity contribution is 5.76. The van der Waals surface area contributed by atoms with Crippen LogP contribution >= 0.6 is 0 Å². The molecular formula is C15H20N2O. The minimum absolute atomic E-state index is 0.246. The molecule has 0 spiro atoms. The van der Waals surface area contributed by atoms with E-state index in [1.54, 1.807) is 0 Å². The van der Waals surface area contributed by atoms with Crippen LogP contribution < -0.4 is 5.73 Å². The summed E-state index contributed by atoms with van der Waals surface area (Å²) in [6, 6.07) is 7.07. The summed E-state index contributed by atoms with van der Waals surface area (Å²) < 4.78 is 0. The zero-order chi connectivity index (χ0) is 12.5. The highest BCUT2D eigenvalue weighted by Gasteiger charge is 2.29. The number of hydrogen-bond donors (Lipinski definition) is 1. The molecule has 1 fully saturated rings. The van der Waals surface area contributed by atoms with Crippen molar-refractivity contribution in [1.29, 1.82) is 0 Å². The number of nitrogens with two attached hydrogens (primary N) is 1. The number of amides is 1. The first-order chi connectivity index (χ1) is 8.74. The Labute approximate surface area is 108 Å². The van der Waals surface area contributed by atoms with Crippen molar-refractivity contribution in [3.63, 3.8) is 0 Å². The molecular weight excluding hydrogens is 224 g/mol. The van der Waals surface area contributed by atoms with Crippen LogP contribution in [0.5, 0.6) is 0 Å². The van der Waals surface area contributed by atoms with E-state index in [0.29, 0.717) is 12.5 Å². The van der Waals surface area contributed by atoms with Gasteiger partial charge in [0, 0.05) is 6.04 Å². The number of carbonyl (C=O) groups excluding carboxylic acids is 1. The van der Waals surface area contributed by atoms with Gasteiger partial charge in [0.15, 0.2) is 0 Å². The second-order valence-corrected chi connectivity index (χ2v) is 5.47. The molecule has 0 saturated carbocycles. The summed E-state index contributed by atoms with van der Waals surface area (Å²) in [5.74, 6) is -0.246. The van der Waals surface area contributed by atoms with E-state index < -0.39 is 0 Å². The quantitative estimate of drug-likeness (QED) is 0.881. The zero-order valence-corrected chi connectivity index (χ0v) is 10.7. The van der Waals surface area contributed by atoms with E-state index >= 15 is 0 Å². The van der Waals surface area contributed by atoms with E-state index in [9.17, 15) is 4.79 Å². The fourth-order valence-corrected chi connectivity index (χ4v) is 3.39. The highest BCUT2D eigenvalue weighted by atomic mass is 16.1. The molecule has 1 atom stereocenters. The molecule has 18 heavy (non-hydrogen) atoms. The largest absolute Gasteiger partial charge is 0.369 e. The monoisotopic (exact) mass is 244 g/mol. The van der Waals surface area contributed by atoms with E-state index in [0.717, 1.165) is 12.0 Å². The standard InChI is InChI=1S/C15H20N2O/c16-15(18)10-11-3-5-13-12(9-11)4-6-14(13)17-7-1-2-8-17/h3,5,9,14H,1-2,4,6-8,10H2,(H2,16,18). The van der Waals surface area contributed by atoms with Gasteiger partial charge in [-0.2, -0.15) is 0 Å². The molecule has 3 rings (SSSR count). The number of benzene rings is 1. The van der Waals surface area contributed by atoms with Crippen LogP contribution in [-0.4, -0.2) is 23.9 Å². The number of rotatable bonds is 3. The van der Waals surface area contributed by atoms with Crippen LogP contribution in [0.4, 0.5) is 0 Å². The van der Waals surface area contributed by atoms with Crippen LogP contribution in [-0.2, 0) is 17.6 Å². The smallest absolute Gasteiger partial charge is 0.221 e. The number of fused-ring (bicyclic) bond motifs is 1. The summed E-state index contributed by atoms with van der Waals surface area (Å²) in [6.07, 6.45) is 5.41. The SMILES string of the molecule is NC(=O)Cc1ccc2c(c1)CCC2N1CCCC1. The Balaban J connectivity index is 1.82. The van der Waals surface area contributed by atoms with Crippen molar-refractivity contribution in [1.82, 2.24) is 4.90 Å². The average Bonchev–Trinajstić information content (AvgIpc) is 2.94. The first-order valence-electron chi connectivity index (χ1n) is 6.88. The van der Waals surface area contributed by atoms with Gasteiger partial charge in [0.2, 0.25) is 5.91 Å². The Morgan fingerprint density at radius 3 is 2.83 bits per heavy atom. The van der Waals surface area contributed by atoms with Crippen LogP contribution in [0.3, 0.4) is 0 Å². The predicted molar refractivity (Wildman–Crippen MR) is 71.2 cm³/mol. The lowest BCUT2D eigenvalue weighted by Gasteiger charge is -2.24. The molecule has 2 N–H and O–H groups in total. The number of primary amides is 1. The first kappa shape index (κ1) is 11.7. The minimum atomic E-state index is -0.246. The third-order valence-corrected chi connectivity index (χ3v) is 4.21. The molecule has 0 aromatic heterocycles. The fraction of sp³-hybridized carbons (Fsp3) is 0.533. The van der Waals surface area contributed by atoms with Gasteiger partial charge >= 0.3 is 0 Å². The van der Waals surface area contributed by atoms with Gasteiger partial charge in [0.25, 0.3) is 0 Å². The van der Waals surface area contributed by atoms with Crippen molar-refractivity contribution in [3.05, 3.63) is 34.9 Å². The van der Waals surface area contributed by atoms with Crippen molar-refractivity contribution in [3.8, 4) is 0 Å². The van der Waals surface area contributed by atoms with Gasteiger partial charge in [-0.1, -0.05) is 18.2 Å². The topological polar surface area (TPSA) is 46.3 Å². The summed E-state index contributed by atoms with van der Waals surface area (Å²) in [6.45, 7) is 2.49. The van der Waals surface area contributed by atoms with Crippen molar-refractivity contribution in [2.75, 3.05) is 13.1 Å². The van der Waals surface area contributed by atoms with Gasteiger partial charge < -0.3 is 5.73 Å². The lowest BCUT2D eigenvalue weighted by Crippen LogP contribution is -2.23. The van der Waals surface area contributed by atoms with Gasteiger partial charge in [-0.05, 0) is 55.5 Å². The summed E-state index contributed by atoms with van der Waals surface area (Å²) in [5, 5.41) is 0. The molecule has 3 nitrogen and oxygen atoms in total. The van der Waals surface area contributed by atoms with E-state index in [-0.39, 0.29) is 5.91 Å². The third kappa shape index (κ3) is 2.15. The lowest BCUT2D eigenvalue weighted by molar-refractivity contribution is -0.117. The highest BCUT2D eigenvalue weighted by Crippen LogP contribution is 2.37. The Kier molecular flexibility index (Phi) is 3.08. The number of nitrogens with zero attached hydrogens (tertiary/aromatic N) is 1. The van der Waals surface area contributed by atoms with Crippen molar-refractivity contribution < 1.29 is 4.79 Å². The maximum absolute atomic E-state index is 11.0. The Bertz CT molecular complexity index is 464. The molecule has 0 bridgehead atoms. The maximum atomic E-state index is 11.0. The molecule has 1 aromatic carbocycles. The lowest BCUT2D eigenvalue weighted by atomic mass is 10.0. The van der Waals surface area contributed by atoms with Crippen molar-refractivity contribution >= 4 is 5.91 Å². The fourth-order valence-electron chi connectivity index (χ4n) is 3.39. The van der Waals surface area contributed by atoms with Crippen LogP contribution in [0.25, 0.3) is 0 Å². The molecule has 1 aromatic rings. The predicted octanol–water partition coefficient (Wildman–Crippen LogP) is 1.80. The van der Waals surface area contributed by atoms with E-state index in [2.05, 4.69) is 23.1 Å². The molecule has 3 heteroatoms. The van der Waals surface area contributed by atoms with Gasteiger partial charge in [0.05, 0.1) is 6.42 Å². The summed E-state index contributed by atoms with van der Waals surface area (Å²) in [4.78, 5) is 13.6. The number of hydrogen-bond acceptors (Lipinski definition) is 2. The molecule has 1 aliphatic carbocycles. The number of carbonyl (C=O) groups is 1. The molecule has 1 saturated heterocycles. The van der Waals surface area contributed by atoms with E-state index in [1.165, 1.54) is 43.5 Å². The average molecular weight is 244 g/mol. The van der Waals surface area contributed by atoms with Crippen molar-refractivity contribution in [2.45, 2.75) is 38.1 Å². The maximum Gasteiger partial charge on any atom is 0.221 e. The van der Waals surface area contributed by atoms with Gasteiger partial charge in [-0.15, -0.1) is 0 Å². The third-order valence-electron chi connectivity index (χ3n) is 4.21. The summed E-state index contributed by atoms with van der Waals surface area (Å²) in [7, 11) is 0. The molecule has 1 amide bonds.